The van der Waals surface area contributed by atoms with Gasteiger partial charge in [-0.1, -0.05) is 29.5 Å². The van der Waals surface area contributed by atoms with Gasteiger partial charge in [-0.2, -0.15) is 13.2 Å². The summed E-state index contributed by atoms with van der Waals surface area (Å²) in [6.45, 7) is 1.94. The van der Waals surface area contributed by atoms with Gasteiger partial charge in [0.2, 0.25) is 5.91 Å². The second-order valence-electron chi connectivity index (χ2n) is 5.30. The third-order valence-corrected chi connectivity index (χ3v) is 5.33. The number of nitrogens with one attached hydrogen (secondary N) is 1. The number of para-hydroxylation sites is 1. The first kappa shape index (κ1) is 17.8. The summed E-state index contributed by atoms with van der Waals surface area (Å²) in [5.41, 5.74) is 1.14. The molecule has 0 saturated carbocycles. The van der Waals surface area contributed by atoms with E-state index >= 15 is 0 Å². The highest BCUT2D eigenvalue weighted by molar-refractivity contribution is 8.00. The van der Waals surface area contributed by atoms with Gasteiger partial charge < -0.3 is 5.32 Å². The number of hydrogen-bond acceptors (Lipinski definition) is 4. The van der Waals surface area contributed by atoms with E-state index in [0.29, 0.717) is 10.0 Å². The summed E-state index contributed by atoms with van der Waals surface area (Å²) >= 11 is 2.42. The van der Waals surface area contributed by atoms with E-state index in [9.17, 15) is 18.0 Å². The zero-order valence-electron chi connectivity index (χ0n) is 13.1. The Labute approximate surface area is 150 Å². The van der Waals surface area contributed by atoms with Crippen molar-refractivity contribution in [3.05, 3.63) is 53.6 Å². The first-order valence-electron chi connectivity index (χ1n) is 7.29. The number of fused-ring (bicyclic) bond motifs is 1. The van der Waals surface area contributed by atoms with Crippen LogP contribution in [0.2, 0.25) is 0 Å². The Morgan fingerprint density at radius 1 is 1.24 bits per heavy atom. The van der Waals surface area contributed by atoms with Crippen LogP contribution in [0.15, 0.2) is 47.4 Å². The Morgan fingerprint density at radius 2 is 2.00 bits per heavy atom. The van der Waals surface area contributed by atoms with Gasteiger partial charge in [0, 0.05) is 4.90 Å². The van der Waals surface area contributed by atoms with Crippen LogP contribution in [0.4, 0.5) is 18.3 Å². The molecule has 8 heteroatoms. The quantitative estimate of drug-likeness (QED) is 0.618. The number of carbonyl (C=O) groups is 1. The van der Waals surface area contributed by atoms with Gasteiger partial charge in [0.15, 0.2) is 5.13 Å². The second-order valence-corrected chi connectivity index (χ2v) is 7.38. The first-order valence-corrected chi connectivity index (χ1v) is 9.09. The predicted molar refractivity (Wildman–Crippen MR) is 95.2 cm³/mol. The number of halogens is 3. The largest absolute Gasteiger partial charge is 0.416 e. The molecule has 2 aromatic carbocycles. The smallest absolute Gasteiger partial charge is 0.301 e. The Balaban J connectivity index is 1.64. The number of hydrogen-bond donors (Lipinski definition) is 1. The van der Waals surface area contributed by atoms with E-state index in [1.54, 1.807) is 6.07 Å². The van der Waals surface area contributed by atoms with E-state index < -0.39 is 11.7 Å². The molecule has 0 fully saturated rings. The summed E-state index contributed by atoms with van der Waals surface area (Å²) < 4.78 is 39.1. The van der Waals surface area contributed by atoms with Crippen LogP contribution in [0, 0.1) is 6.92 Å². The van der Waals surface area contributed by atoms with Crippen LogP contribution in [-0.4, -0.2) is 16.6 Å². The standard InChI is InChI=1S/C17H13F3N2OS2/c1-10-4-2-7-13-15(10)22-16(25-13)21-14(23)9-24-12-6-3-5-11(8-12)17(18,19)20/h2-8H,9H2,1H3,(H,21,22,23). The maximum absolute atomic E-state index is 12.7. The average molecular weight is 382 g/mol. The summed E-state index contributed by atoms with van der Waals surface area (Å²) in [5, 5.41) is 3.18. The van der Waals surface area contributed by atoms with Crippen LogP contribution in [0.5, 0.6) is 0 Å². The Morgan fingerprint density at radius 3 is 2.72 bits per heavy atom. The fourth-order valence-electron chi connectivity index (χ4n) is 2.21. The molecule has 3 nitrogen and oxygen atoms in total. The average Bonchev–Trinajstić information content (AvgIpc) is 2.96. The van der Waals surface area contributed by atoms with E-state index in [4.69, 9.17) is 0 Å². The Kier molecular flexibility index (Phi) is 5.01. The molecule has 3 rings (SSSR count). The lowest BCUT2D eigenvalue weighted by Crippen LogP contribution is -2.13. The fraction of sp³-hybridized carbons (Fsp3) is 0.176. The van der Waals surface area contributed by atoms with Crippen LogP contribution in [0.25, 0.3) is 10.2 Å². The predicted octanol–water partition coefficient (Wildman–Crippen LogP) is 5.35. The molecule has 0 atom stereocenters. The van der Waals surface area contributed by atoms with Crippen LogP contribution in [0.3, 0.4) is 0 Å². The summed E-state index contributed by atoms with van der Waals surface area (Å²) in [5.74, 6) is -0.296. The number of aromatic nitrogens is 1. The summed E-state index contributed by atoms with van der Waals surface area (Å²) in [6.07, 6.45) is -4.39. The van der Waals surface area contributed by atoms with Crippen LogP contribution < -0.4 is 5.32 Å². The number of carbonyl (C=O) groups excluding carboxylic acids is 1. The number of nitrogens with zero attached hydrogens (tertiary/aromatic N) is 1. The van der Waals surface area contributed by atoms with Crippen molar-refractivity contribution in [2.75, 3.05) is 11.1 Å². The van der Waals surface area contributed by atoms with Gasteiger partial charge in [-0.15, -0.1) is 11.8 Å². The molecular weight excluding hydrogens is 369 g/mol. The second kappa shape index (κ2) is 7.05. The van der Waals surface area contributed by atoms with Gasteiger partial charge in [-0.05, 0) is 36.8 Å². The van der Waals surface area contributed by atoms with Gasteiger partial charge in [0.05, 0.1) is 21.5 Å². The molecule has 130 valence electrons. The highest BCUT2D eigenvalue weighted by atomic mass is 32.2. The van der Waals surface area contributed by atoms with E-state index in [-0.39, 0.29) is 11.7 Å². The van der Waals surface area contributed by atoms with Crippen molar-refractivity contribution >= 4 is 44.4 Å². The van der Waals surface area contributed by atoms with Crippen molar-refractivity contribution in [1.82, 2.24) is 4.98 Å². The maximum atomic E-state index is 12.7. The third-order valence-electron chi connectivity index (χ3n) is 3.40. The fourth-order valence-corrected chi connectivity index (χ4v) is 3.92. The van der Waals surface area contributed by atoms with Crippen LogP contribution >= 0.6 is 23.1 Å². The number of anilines is 1. The lowest BCUT2D eigenvalue weighted by atomic mass is 10.2. The molecule has 0 radical (unpaired) electrons. The van der Waals surface area contributed by atoms with Gasteiger partial charge in [0.25, 0.3) is 0 Å². The first-order chi connectivity index (χ1) is 11.8. The molecule has 0 bridgehead atoms. The van der Waals surface area contributed by atoms with Gasteiger partial charge in [-0.3, -0.25) is 4.79 Å². The highest BCUT2D eigenvalue weighted by Gasteiger charge is 2.30. The molecule has 1 heterocycles. The topological polar surface area (TPSA) is 42.0 Å². The monoisotopic (exact) mass is 382 g/mol. The Hall–Kier alpha value is -2.06. The third kappa shape index (κ3) is 4.32. The molecule has 3 aromatic rings. The van der Waals surface area contributed by atoms with Gasteiger partial charge in [-0.25, -0.2) is 4.98 Å². The number of amides is 1. The van der Waals surface area contributed by atoms with E-state index in [0.717, 1.165) is 39.7 Å². The molecular formula is C17H13F3N2OS2. The number of benzene rings is 2. The highest BCUT2D eigenvalue weighted by Crippen LogP contribution is 2.32. The van der Waals surface area contributed by atoms with Crippen molar-refractivity contribution in [3.63, 3.8) is 0 Å². The molecule has 1 aromatic heterocycles. The van der Waals surface area contributed by atoms with Crippen molar-refractivity contribution in [2.24, 2.45) is 0 Å². The van der Waals surface area contributed by atoms with Crippen molar-refractivity contribution in [3.8, 4) is 0 Å². The number of rotatable bonds is 4. The number of aryl methyl sites for hydroxylation is 1. The zero-order chi connectivity index (χ0) is 18.0. The molecule has 0 saturated heterocycles. The molecule has 1 amide bonds. The van der Waals surface area contributed by atoms with Crippen LogP contribution in [-0.2, 0) is 11.0 Å². The number of alkyl halides is 3. The molecule has 0 aliphatic rings. The summed E-state index contributed by atoms with van der Waals surface area (Å²) in [7, 11) is 0. The summed E-state index contributed by atoms with van der Waals surface area (Å²) in [4.78, 5) is 16.8. The molecule has 0 unspecified atom stereocenters. The van der Waals surface area contributed by atoms with Crippen LogP contribution in [0.1, 0.15) is 11.1 Å². The molecule has 0 spiro atoms. The minimum absolute atomic E-state index is 0.0101. The van der Waals surface area contributed by atoms with Gasteiger partial charge >= 0.3 is 6.18 Å². The van der Waals surface area contributed by atoms with E-state index in [2.05, 4.69) is 10.3 Å². The summed E-state index contributed by atoms with van der Waals surface area (Å²) in [6, 6.07) is 10.7. The van der Waals surface area contributed by atoms with E-state index in [1.807, 2.05) is 25.1 Å². The van der Waals surface area contributed by atoms with Crippen molar-refractivity contribution in [2.45, 2.75) is 18.0 Å². The number of thioether (sulfide) groups is 1. The molecule has 25 heavy (non-hydrogen) atoms. The van der Waals surface area contributed by atoms with Crippen molar-refractivity contribution < 1.29 is 18.0 Å². The normalized spacial score (nSPS) is 11.7. The lowest BCUT2D eigenvalue weighted by molar-refractivity contribution is -0.137. The van der Waals surface area contributed by atoms with Crippen molar-refractivity contribution in [1.29, 1.82) is 0 Å². The molecule has 0 aliphatic carbocycles. The minimum atomic E-state index is -4.39. The lowest BCUT2D eigenvalue weighted by Gasteiger charge is -2.08. The van der Waals surface area contributed by atoms with E-state index in [1.165, 1.54) is 17.4 Å². The Bertz CT molecular complexity index is 922. The number of thiazole rings is 1. The molecule has 1 N–H and O–H groups in total. The molecule has 0 aliphatic heterocycles. The minimum Gasteiger partial charge on any atom is -0.301 e. The van der Waals surface area contributed by atoms with Gasteiger partial charge in [0.1, 0.15) is 0 Å². The maximum Gasteiger partial charge on any atom is 0.416 e. The zero-order valence-corrected chi connectivity index (χ0v) is 14.7. The SMILES string of the molecule is Cc1cccc2sc(NC(=O)CSc3cccc(C(F)(F)F)c3)nc12.